The molecular weight excluding hydrogens is 294 g/mol. The summed E-state index contributed by atoms with van der Waals surface area (Å²) in [5.74, 6) is -3.83. The largest absolute Gasteiger partial charge is 0.381 e. The summed E-state index contributed by atoms with van der Waals surface area (Å²) < 4.78 is 33.3. The van der Waals surface area contributed by atoms with Crippen LogP contribution < -0.4 is 5.32 Å². The minimum absolute atomic E-state index is 0.0102. The number of nitrogens with one attached hydrogen (secondary N) is 2. The lowest BCUT2D eigenvalue weighted by Gasteiger charge is -2.39. The molecule has 0 unspecified atom stereocenters. The lowest BCUT2D eigenvalue weighted by molar-refractivity contribution is -0.169. The van der Waals surface area contributed by atoms with Gasteiger partial charge in [0.1, 0.15) is 5.41 Å². The monoisotopic (exact) mass is 310 g/mol. The number of anilines is 1. The van der Waals surface area contributed by atoms with Gasteiger partial charge in [0.15, 0.2) is 5.65 Å². The van der Waals surface area contributed by atoms with E-state index in [1.54, 1.807) is 12.3 Å². The first kappa shape index (κ1) is 14.8. The van der Waals surface area contributed by atoms with Gasteiger partial charge in [-0.1, -0.05) is 0 Å². The molecule has 1 amide bonds. The number of nitrogens with zero attached hydrogens (tertiary/aromatic N) is 2. The van der Waals surface area contributed by atoms with Gasteiger partial charge < -0.3 is 10.1 Å². The minimum Gasteiger partial charge on any atom is -0.381 e. The Kier molecular flexibility index (Phi) is 3.56. The number of rotatable bonds is 3. The molecule has 0 radical (unpaired) electrons. The zero-order valence-corrected chi connectivity index (χ0v) is 12.0. The molecule has 1 saturated heterocycles. The Morgan fingerprint density at radius 2 is 2.14 bits per heavy atom. The molecule has 0 aliphatic carbocycles. The molecule has 2 N–H and O–H groups in total. The third-order valence-electron chi connectivity index (χ3n) is 4.17. The first-order valence-corrected chi connectivity index (χ1v) is 6.98. The smallest absolute Gasteiger partial charge is 0.259 e. The van der Waals surface area contributed by atoms with E-state index in [1.807, 2.05) is 0 Å². The average Bonchev–Trinajstić information content (AvgIpc) is 2.94. The van der Waals surface area contributed by atoms with Crippen molar-refractivity contribution in [2.45, 2.75) is 25.7 Å². The van der Waals surface area contributed by atoms with Crippen LogP contribution in [0.3, 0.4) is 0 Å². The maximum atomic E-state index is 14.1. The number of carbonyl (C=O) groups is 1. The van der Waals surface area contributed by atoms with E-state index in [0.717, 1.165) is 6.92 Å². The lowest BCUT2D eigenvalue weighted by atomic mass is 9.74. The Hall–Kier alpha value is -2.09. The molecule has 2 aromatic rings. The van der Waals surface area contributed by atoms with Crippen LogP contribution in [0, 0.1) is 5.41 Å². The number of aromatic nitrogens is 3. The standard InChI is InChI=1S/C14H16F2N4O2/c1-13(15,16)14(2-4-22-5-3-14)12(21)19-10-6-9-7-18-20-11(9)17-8-10/h6-8H,2-5H2,1H3,(H,19,21)(H,17,18,20). The van der Waals surface area contributed by atoms with Crippen LogP contribution in [0.1, 0.15) is 19.8 Å². The number of carbonyl (C=O) groups excluding carboxylic acids is 1. The molecule has 0 spiro atoms. The van der Waals surface area contributed by atoms with Crippen molar-refractivity contribution >= 4 is 22.6 Å². The Bertz CT molecular complexity index is 689. The number of aromatic amines is 1. The van der Waals surface area contributed by atoms with Crippen LogP contribution >= 0.6 is 0 Å². The first-order valence-electron chi connectivity index (χ1n) is 6.98. The van der Waals surface area contributed by atoms with Crippen molar-refractivity contribution in [2.75, 3.05) is 18.5 Å². The molecule has 0 saturated carbocycles. The molecule has 8 heteroatoms. The van der Waals surface area contributed by atoms with Crippen molar-refractivity contribution in [1.29, 1.82) is 0 Å². The van der Waals surface area contributed by atoms with Crippen molar-refractivity contribution in [3.05, 3.63) is 18.5 Å². The van der Waals surface area contributed by atoms with Crippen LogP contribution in [0.4, 0.5) is 14.5 Å². The summed E-state index contributed by atoms with van der Waals surface area (Å²) in [5.41, 5.74) is -0.815. The zero-order chi connectivity index (χ0) is 15.8. The summed E-state index contributed by atoms with van der Waals surface area (Å²) >= 11 is 0. The molecule has 0 atom stereocenters. The number of hydrogen-bond donors (Lipinski definition) is 2. The second-order valence-electron chi connectivity index (χ2n) is 5.57. The molecule has 0 bridgehead atoms. The van der Waals surface area contributed by atoms with Crippen molar-refractivity contribution < 1.29 is 18.3 Å². The average molecular weight is 310 g/mol. The van der Waals surface area contributed by atoms with E-state index >= 15 is 0 Å². The molecule has 0 aromatic carbocycles. The molecule has 1 aliphatic rings. The van der Waals surface area contributed by atoms with E-state index < -0.39 is 17.2 Å². The quantitative estimate of drug-likeness (QED) is 0.912. The van der Waals surface area contributed by atoms with Crippen molar-refractivity contribution in [3.8, 4) is 0 Å². The van der Waals surface area contributed by atoms with E-state index in [4.69, 9.17) is 4.74 Å². The van der Waals surface area contributed by atoms with E-state index in [1.165, 1.54) is 6.20 Å². The Morgan fingerprint density at radius 1 is 1.41 bits per heavy atom. The second-order valence-corrected chi connectivity index (χ2v) is 5.57. The van der Waals surface area contributed by atoms with Gasteiger partial charge in [0.2, 0.25) is 5.91 Å². The van der Waals surface area contributed by atoms with Crippen LogP contribution in [-0.4, -0.2) is 40.2 Å². The highest BCUT2D eigenvalue weighted by atomic mass is 19.3. The Balaban J connectivity index is 1.87. The number of halogens is 2. The summed E-state index contributed by atoms with van der Waals surface area (Å²) in [5, 5.41) is 9.77. The number of H-pyrrole nitrogens is 1. The maximum Gasteiger partial charge on any atom is 0.259 e. The van der Waals surface area contributed by atoms with Gasteiger partial charge in [0.05, 0.1) is 18.1 Å². The topological polar surface area (TPSA) is 79.9 Å². The van der Waals surface area contributed by atoms with Gasteiger partial charge in [0.25, 0.3) is 5.92 Å². The van der Waals surface area contributed by atoms with E-state index in [0.29, 0.717) is 16.7 Å². The van der Waals surface area contributed by atoms with Gasteiger partial charge >= 0.3 is 0 Å². The molecular formula is C14H16F2N4O2. The summed E-state index contributed by atoms with van der Waals surface area (Å²) in [4.78, 5) is 16.6. The third kappa shape index (κ3) is 2.43. The third-order valence-corrected chi connectivity index (χ3v) is 4.17. The number of pyridine rings is 1. The van der Waals surface area contributed by atoms with E-state index in [-0.39, 0.29) is 26.1 Å². The number of hydrogen-bond acceptors (Lipinski definition) is 4. The number of fused-ring (bicyclic) bond motifs is 1. The van der Waals surface area contributed by atoms with Crippen LogP contribution in [0.15, 0.2) is 18.5 Å². The van der Waals surface area contributed by atoms with Gasteiger partial charge in [-0.3, -0.25) is 9.89 Å². The Labute approximate surface area is 125 Å². The number of ether oxygens (including phenoxy) is 1. The summed E-state index contributed by atoms with van der Waals surface area (Å²) in [6, 6.07) is 1.64. The number of amides is 1. The molecule has 22 heavy (non-hydrogen) atoms. The fourth-order valence-corrected chi connectivity index (χ4v) is 2.74. The lowest BCUT2D eigenvalue weighted by Crippen LogP contribution is -2.52. The summed E-state index contributed by atoms with van der Waals surface area (Å²) in [6.45, 7) is 1.08. The molecule has 118 valence electrons. The van der Waals surface area contributed by atoms with Crippen LogP contribution in [0.5, 0.6) is 0 Å². The molecule has 1 aliphatic heterocycles. The molecule has 3 rings (SSSR count). The van der Waals surface area contributed by atoms with Gasteiger partial charge in [-0.05, 0) is 18.9 Å². The highest BCUT2D eigenvalue weighted by molar-refractivity contribution is 5.97. The Morgan fingerprint density at radius 3 is 2.82 bits per heavy atom. The molecule has 2 aromatic heterocycles. The van der Waals surface area contributed by atoms with Crippen LogP contribution in [-0.2, 0) is 9.53 Å². The minimum atomic E-state index is -3.13. The fourth-order valence-electron chi connectivity index (χ4n) is 2.74. The molecule has 3 heterocycles. The normalized spacial score (nSPS) is 18.3. The van der Waals surface area contributed by atoms with Gasteiger partial charge in [-0.15, -0.1) is 0 Å². The van der Waals surface area contributed by atoms with Gasteiger partial charge in [-0.2, -0.15) is 5.10 Å². The zero-order valence-electron chi connectivity index (χ0n) is 12.0. The first-order chi connectivity index (χ1) is 10.4. The fraction of sp³-hybridized carbons (Fsp3) is 0.500. The van der Waals surface area contributed by atoms with E-state index in [2.05, 4.69) is 20.5 Å². The highest BCUT2D eigenvalue weighted by Crippen LogP contribution is 2.45. The van der Waals surface area contributed by atoms with Gasteiger partial charge in [0, 0.05) is 25.5 Å². The van der Waals surface area contributed by atoms with Crippen molar-refractivity contribution in [2.24, 2.45) is 5.41 Å². The molecule has 6 nitrogen and oxygen atoms in total. The maximum absolute atomic E-state index is 14.1. The summed E-state index contributed by atoms with van der Waals surface area (Å²) in [7, 11) is 0. The number of alkyl halides is 2. The predicted molar refractivity (Wildman–Crippen MR) is 75.6 cm³/mol. The summed E-state index contributed by atoms with van der Waals surface area (Å²) in [6.07, 6.45) is 2.95. The van der Waals surface area contributed by atoms with Gasteiger partial charge in [-0.25, -0.2) is 13.8 Å². The van der Waals surface area contributed by atoms with Crippen molar-refractivity contribution in [3.63, 3.8) is 0 Å². The second kappa shape index (κ2) is 5.28. The predicted octanol–water partition coefficient (Wildman–Crippen LogP) is 2.35. The van der Waals surface area contributed by atoms with Crippen LogP contribution in [0.25, 0.3) is 11.0 Å². The van der Waals surface area contributed by atoms with Crippen molar-refractivity contribution in [1.82, 2.24) is 15.2 Å². The van der Waals surface area contributed by atoms with E-state index in [9.17, 15) is 13.6 Å². The van der Waals surface area contributed by atoms with Crippen LogP contribution in [0.2, 0.25) is 0 Å². The highest BCUT2D eigenvalue weighted by Gasteiger charge is 2.56. The SMILES string of the molecule is CC(F)(F)C1(C(=O)Nc2cnc3[nH]ncc3c2)CCOCC1. The molecule has 1 fully saturated rings.